The number of hydrogen-bond acceptors (Lipinski definition) is 7. The highest BCUT2D eigenvalue weighted by atomic mass is 32.2. The quantitative estimate of drug-likeness (QED) is 0.620. The third kappa shape index (κ3) is 3.78. The molecule has 0 bridgehead atoms. The highest BCUT2D eigenvalue weighted by Gasteiger charge is 2.31. The zero-order chi connectivity index (χ0) is 18.9. The second kappa shape index (κ2) is 7.17. The van der Waals surface area contributed by atoms with Crippen molar-refractivity contribution in [3.63, 3.8) is 0 Å². The van der Waals surface area contributed by atoms with Crippen LogP contribution < -0.4 is 5.73 Å². The lowest BCUT2D eigenvalue weighted by atomic mass is 10.1. The fourth-order valence-corrected chi connectivity index (χ4v) is 3.97. The van der Waals surface area contributed by atoms with Gasteiger partial charge in [-0.05, 0) is 30.0 Å². The lowest BCUT2D eigenvalue weighted by Crippen LogP contribution is -2.07. The van der Waals surface area contributed by atoms with Gasteiger partial charge in [-0.15, -0.1) is 11.8 Å². The van der Waals surface area contributed by atoms with E-state index in [1.165, 1.54) is 29.6 Å². The number of alkyl halides is 3. The first-order valence-corrected chi connectivity index (χ1v) is 9.54. The molecule has 3 rings (SSSR count). The van der Waals surface area contributed by atoms with E-state index in [0.29, 0.717) is 39.0 Å². The van der Waals surface area contributed by atoms with Crippen molar-refractivity contribution in [3.8, 4) is 6.07 Å². The van der Waals surface area contributed by atoms with Gasteiger partial charge in [0.15, 0.2) is 0 Å². The summed E-state index contributed by atoms with van der Waals surface area (Å²) in [4.78, 5) is 12.5. The van der Waals surface area contributed by atoms with Crippen LogP contribution in [0.2, 0.25) is 0 Å². The molecule has 0 amide bonds. The number of rotatable bonds is 4. The van der Waals surface area contributed by atoms with Crippen LogP contribution in [0.25, 0.3) is 0 Å². The van der Waals surface area contributed by atoms with Crippen molar-refractivity contribution in [1.82, 2.24) is 9.97 Å². The molecular weight excluding hydrogens is 383 g/mol. The van der Waals surface area contributed by atoms with Crippen LogP contribution in [0, 0.1) is 11.3 Å². The number of aliphatic imine (C=N–C) groups is 1. The first kappa shape index (κ1) is 18.5. The second-order valence-corrected chi connectivity index (χ2v) is 7.13. The van der Waals surface area contributed by atoms with Crippen molar-refractivity contribution in [2.24, 2.45) is 4.99 Å². The maximum atomic E-state index is 12.8. The fraction of sp³-hybridized carbons (Fsp3) is 0.250. The van der Waals surface area contributed by atoms with Crippen LogP contribution in [0.4, 0.5) is 24.8 Å². The third-order valence-corrected chi connectivity index (χ3v) is 5.35. The van der Waals surface area contributed by atoms with Crippen LogP contribution in [0.15, 0.2) is 33.2 Å². The monoisotopic (exact) mass is 395 g/mol. The van der Waals surface area contributed by atoms with Crippen molar-refractivity contribution in [2.75, 3.05) is 17.7 Å². The molecular formula is C16H12F3N5S2. The number of anilines is 1. The van der Waals surface area contributed by atoms with Crippen molar-refractivity contribution in [3.05, 3.63) is 34.9 Å². The van der Waals surface area contributed by atoms with Crippen LogP contribution in [0.5, 0.6) is 0 Å². The number of nitrogens with two attached hydrogens (primary N) is 1. The first-order valence-electron chi connectivity index (χ1n) is 7.32. The molecule has 1 aromatic heterocycles. The molecule has 2 N–H and O–H groups in total. The van der Waals surface area contributed by atoms with Gasteiger partial charge in [0.1, 0.15) is 21.7 Å². The average Bonchev–Trinajstić information content (AvgIpc) is 3.00. The van der Waals surface area contributed by atoms with Crippen LogP contribution in [0.3, 0.4) is 0 Å². The van der Waals surface area contributed by atoms with Crippen molar-refractivity contribution in [2.45, 2.75) is 22.6 Å². The molecule has 0 saturated carbocycles. The Morgan fingerprint density at radius 2 is 2.00 bits per heavy atom. The van der Waals surface area contributed by atoms with Crippen LogP contribution in [0.1, 0.15) is 16.7 Å². The summed E-state index contributed by atoms with van der Waals surface area (Å²) in [5.41, 5.74) is 7.14. The van der Waals surface area contributed by atoms with Gasteiger partial charge in [-0.1, -0.05) is 11.8 Å². The van der Waals surface area contributed by atoms with Gasteiger partial charge in [-0.3, -0.25) is 4.99 Å². The maximum Gasteiger partial charge on any atom is 0.416 e. The first-order chi connectivity index (χ1) is 12.3. The Morgan fingerprint density at radius 1 is 1.27 bits per heavy atom. The maximum absolute atomic E-state index is 12.8. The normalized spacial score (nSPS) is 13.3. The molecule has 1 aliphatic rings. The molecule has 0 atom stereocenters. The predicted molar refractivity (Wildman–Crippen MR) is 95.9 cm³/mol. The molecule has 1 aromatic carbocycles. The Hall–Kier alpha value is -2.25. The number of hydrogen-bond donors (Lipinski definition) is 1. The van der Waals surface area contributed by atoms with Crippen LogP contribution in [-0.4, -0.2) is 27.7 Å². The summed E-state index contributed by atoms with van der Waals surface area (Å²) in [6.07, 6.45) is -2.25. The molecule has 2 aromatic rings. The Morgan fingerprint density at radius 3 is 2.65 bits per heavy atom. The summed E-state index contributed by atoms with van der Waals surface area (Å²) < 4.78 is 38.4. The molecule has 0 aliphatic carbocycles. The van der Waals surface area contributed by atoms with E-state index in [1.54, 1.807) is 6.26 Å². The average molecular weight is 395 g/mol. The van der Waals surface area contributed by atoms with Crippen molar-refractivity contribution in [1.29, 1.82) is 5.26 Å². The lowest BCUT2D eigenvalue weighted by molar-refractivity contribution is -0.137. The summed E-state index contributed by atoms with van der Waals surface area (Å²) >= 11 is 2.57. The van der Waals surface area contributed by atoms with E-state index in [1.807, 2.05) is 0 Å². The van der Waals surface area contributed by atoms with Gasteiger partial charge >= 0.3 is 6.18 Å². The molecule has 2 heterocycles. The zero-order valence-electron chi connectivity index (χ0n) is 13.5. The minimum Gasteiger partial charge on any atom is -0.368 e. The SMILES string of the molecule is CSc1nc(N)nc(SCC2=Nc3ccc(C(F)(F)F)cc3C2)c1C#N. The molecule has 134 valence electrons. The van der Waals surface area contributed by atoms with E-state index in [-0.39, 0.29) is 5.95 Å². The van der Waals surface area contributed by atoms with Crippen molar-refractivity contribution >= 4 is 40.9 Å². The van der Waals surface area contributed by atoms with E-state index in [4.69, 9.17) is 5.73 Å². The Balaban J connectivity index is 1.76. The fourth-order valence-electron chi connectivity index (χ4n) is 2.46. The minimum absolute atomic E-state index is 0.0716. The Labute approximate surface area is 155 Å². The minimum atomic E-state index is -4.37. The number of fused-ring (bicyclic) bond motifs is 1. The summed E-state index contributed by atoms with van der Waals surface area (Å²) in [5.74, 6) is 0.469. The summed E-state index contributed by atoms with van der Waals surface area (Å²) in [6, 6.07) is 5.61. The number of thioether (sulfide) groups is 2. The van der Waals surface area contributed by atoms with E-state index in [2.05, 4.69) is 21.0 Å². The molecule has 1 aliphatic heterocycles. The third-order valence-electron chi connectivity index (χ3n) is 3.62. The molecule has 5 nitrogen and oxygen atoms in total. The van der Waals surface area contributed by atoms with Gasteiger partial charge in [0.2, 0.25) is 5.95 Å². The Kier molecular flexibility index (Phi) is 5.11. The van der Waals surface area contributed by atoms with Crippen LogP contribution in [-0.2, 0) is 12.6 Å². The number of aromatic nitrogens is 2. The summed E-state index contributed by atoms with van der Waals surface area (Å²) in [5, 5.41) is 10.3. The highest BCUT2D eigenvalue weighted by molar-refractivity contribution is 8.00. The van der Waals surface area contributed by atoms with E-state index < -0.39 is 11.7 Å². The molecule has 0 unspecified atom stereocenters. The standard InChI is InChI=1S/C16H12F3N5S2/c1-25-13-11(6-20)14(24-15(21)23-13)26-7-10-5-8-4-9(16(17,18)19)2-3-12(8)22-10/h2-4H,5,7H2,1H3,(H2,21,23,24). The van der Waals surface area contributed by atoms with E-state index >= 15 is 0 Å². The largest absolute Gasteiger partial charge is 0.416 e. The topological polar surface area (TPSA) is 87.9 Å². The van der Waals surface area contributed by atoms with Gasteiger partial charge in [0.05, 0.1) is 11.3 Å². The summed E-state index contributed by atoms with van der Waals surface area (Å²) in [7, 11) is 0. The molecule has 10 heteroatoms. The van der Waals surface area contributed by atoms with Gasteiger partial charge in [-0.2, -0.15) is 18.4 Å². The van der Waals surface area contributed by atoms with Crippen LogP contribution >= 0.6 is 23.5 Å². The number of halogens is 3. The molecule has 0 spiro atoms. The number of benzene rings is 1. The van der Waals surface area contributed by atoms with E-state index in [0.717, 1.165) is 17.8 Å². The number of nitriles is 1. The molecule has 0 radical (unpaired) electrons. The second-order valence-electron chi connectivity index (χ2n) is 5.37. The molecule has 0 saturated heterocycles. The molecule has 26 heavy (non-hydrogen) atoms. The molecule has 0 fully saturated rings. The van der Waals surface area contributed by atoms with Gasteiger partial charge < -0.3 is 5.73 Å². The van der Waals surface area contributed by atoms with Gasteiger partial charge in [0.25, 0.3) is 0 Å². The lowest BCUT2D eigenvalue weighted by Gasteiger charge is -2.08. The zero-order valence-corrected chi connectivity index (χ0v) is 15.1. The predicted octanol–water partition coefficient (Wildman–Crippen LogP) is 4.09. The smallest absolute Gasteiger partial charge is 0.368 e. The van der Waals surface area contributed by atoms with Gasteiger partial charge in [0, 0.05) is 17.9 Å². The summed E-state index contributed by atoms with van der Waals surface area (Å²) in [6.45, 7) is 0. The highest BCUT2D eigenvalue weighted by Crippen LogP contribution is 2.36. The Bertz CT molecular complexity index is 935. The van der Waals surface area contributed by atoms with Crippen molar-refractivity contribution < 1.29 is 13.2 Å². The number of nitrogen functional groups attached to an aromatic ring is 1. The number of nitrogens with zero attached hydrogens (tertiary/aromatic N) is 4. The van der Waals surface area contributed by atoms with Gasteiger partial charge in [-0.25, -0.2) is 9.97 Å². The van der Waals surface area contributed by atoms with E-state index in [9.17, 15) is 18.4 Å².